The maximum Gasteiger partial charge on any atom is 0.356 e. The number of aromatic nitrogens is 1. The van der Waals surface area contributed by atoms with Crippen molar-refractivity contribution in [2.24, 2.45) is 28.6 Å². The van der Waals surface area contributed by atoms with Gasteiger partial charge in [-0.25, -0.2) is 9.78 Å². The van der Waals surface area contributed by atoms with Crippen LogP contribution in [0.1, 0.15) is 43.1 Å². The first-order valence-electron chi connectivity index (χ1n) is 11.5. The second-order valence-electron chi connectivity index (χ2n) is 10.7. The third-order valence-electron chi connectivity index (χ3n) is 9.14. The number of hydrogen-bond acceptors (Lipinski definition) is 7. The van der Waals surface area contributed by atoms with Gasteiger partial charge in [-0.05, 0) is 61.8 Å². The van der Waals surface area contributed by atoms with Gasteiger partial charge in [-0.3, -0.25) is 9.59 Å². The van der Waals surface area contributed by atoms with Crippen LogP contribution in [0.3, 0.4) is 0 Å². The van der Waals surface area contributed by atoms with Crippen molar-refractivity contribution >= 4 is 41.1 Å². The van der Waals surface area contributed by atoms with Crippen LogP contribution in [0.15, 0.2) is 36.4 Å². The second-order valence-corrected chi connectivity index (χ2v) is 11.5. The summed E-state index contributed by atoms with van der Waals surface area (Å²) in [6.07, 6.45) is 4.11. The van der Waals surface area contributed by atoms with Gasteiger partial charge in [0.25, 0.3) is 0 Å². The van der Waals surface area contributed by atoms with Gasteiger partial charge in [0.05, 0.1) is 22.6 Å². The minimum absolute atomic E-state index is 0.0851. The number of halogens is 2. The molecule has 4 bridgehead atoms. The molecule has 11 heteroatoms. The molecule has 36 heavy (non-hydrogen) atoms. The van der Waals surface area contributed by atoms with E-state index in [1.807, 2.05) is 0 Å². The minimum Gasteiger partial charge on any atom is -0.481 e. The van der Waals surface area contributed by atoms with Crippen molar-refractivity contribution in [3.05, 3.63) is 52.3 Å². The SMILES string of the molecule is C=C1C[C@]23C[C@@]1(O)CC[C@H]2[C@@]12C=C[C@H](O)[C@@](C)(C(=O)O1)[C@H]2[C@@H]3C(=O)O.O=C(O)c1nc(Cl)ccc1Cl. The first kappa shape index (κ1) is 25.2. The molecule has 4 N–H and O–H groups in total. The van der Waals surface area contributed by atoms with Crippen molar-refractivity contribution in [2.75, 3.05) is 0 Å². The molecule has 4 fully saturated rings. The van der Waals surface area contributed by atoms with Gasteiger partial charge in [0, 0.05) is 11.8 Å². The number of nitrogens with zero attached hydrogens (tertiary/aromatic N) is 1. The molecule has 9 nitrogen and oxygen atoms in total. The highest BCUT2D eigenvalue weighted by Crippen LogP contribution is 2.77. The molecule has 1 aliphatic heterocycles. The lowest BCUT2D eigenvalue weighted by Crippen LogP contribution is -2.50. The predicted octanol–water partition coefficient (Wildman–Crippen LogP) is 3.11. The summed E-state index contributed by atoms with van der Waals surface area (Å²) in [7, 11) is 0. The lowest BCUT2D eigenvalue weighted by Gasteiger charge is -2.44. The number of rotatable bonds is 2. The van der Waals surface area contributed by atoms with Gasteiger partial charge in [0.2, 0.25) is 0 Å². The molecule has 5 aliphatic rings. The number of fused-ring (bicyclic) bond motifs is 1. The number of carboxylic acid groups (broad SMARTS) is 2. The number of aliphatic hydroxyl groups excluding tert-OH is 1. The van der Waals surface area contributed by atoms with Crippen molar-refractivity contribution in [2.45, 2.75) is 49.9 Å². The third-order valence-corrected chi connectivity index (χ3v) is 9.65. The molecule has 0 amide bonds. The molecule has 1 spiro atoms. The normalized spacial score (nSPS) is 43.2. The van der Waals surface area contributed by atoms with Gasteiger partial charge < -0.3 is 25.2 Å². The average Bonchev–Trinajstić information content (AvgIpc) is 3.22. The number of aliphatic hydroxyl groups is 2. The number of aliphatic carboxylic acids is 1. The minimum atomic E-state index is -1.27. The summed E-state index contributed by atoms with van der Waals surface area (Å²) in [6.45, 7) is 5.64. The van der Waals surface area contributed by atoms with E-state index >= 15 is 0 Å². The largest absolute Gasteiger partial charge is 0.481 e. The molecule has 4 aliphatic carbocycles. The summed E-state index contributed by atoms with van der Waals surface area (Å²) in [4.78, 5) is 39.0. The molecule has 2 heterocycles. The lowest BCUT2D eigenvalue weighted by molar-refractivity contribution is -0.163. The molecular weight excluding hydrogens is 513 g/mol. The summed E-state index contributed by atoms with van der Waals surface area (Å²) < 4.78 is 5.87. The standard InChI is InChI=1S/C19H22O6.C6H3Cl2NO2/c1-9-7-17-8-18(9,24)5-3-10(17)19-6-4-11(20)16(2,15(23)25-19)13(19)12(17)14(21)22;7-3-1-2-4(8)9-5(3)6(10)11/h4,6,10-13,20,24H,1,3,5,7-8H2,2H3,(H,21,22);1-2H,(H,10,11)/t10-,11+,12-,13-,16-,17+,18+,19-;/m1./s1. The molecule has 3 saturated carbocycles. The van der Waals surface area contributed by atoms with Crippen molar-refractivity contribution < 1.29 is 39.5 Å². The van der Waals surface area contributed by atoms with E-state index < -0.39 is 57.9 Å². The molecule has 0 aromatic carbocycles. The fraction of sp³-hybridized carbons (Fsp3) is 0.520. The molecule has 1 saturated heterocycles. The quantitative estimate of drug-likeness (QED) is 0.253. The third kappa shape index (κ3) is 3.03. The van der Waals surface area contributed by atoms with Crippen LogP contribution in [0.4, 0.5) is 0 Å². The lowest BCUT2D eigenvalue weighted by atomic mass is 9.61. The van der Waals surface area contributed by atoms with Gasteiger partial charge >= 0.3 is 17.9 Å². The van der Waals surface area contributed by atoms with E-state index in [9.17, 15) is 29.7 Å². The Bertz CT molecular complexity index is 1250. The monoisotopic (exact) mass is 537 g/mol. The number of carbonyl (C=O) groups excluding carboxylic acids is 1. The molecule has 0 radical (unpaired) electrons. The Hall–Kier alpha value is -2.46. The Morgan fingerprint density at radius 2 is 1.94 bits per heavy atom. The molecular formula is C25H25Cl2NO8. The highest BCUT2D eigenvalue weighted by Gasteiger charge is 2.83. The van der Waals surface area contributed by atoms with Crippen molar-refractivity contribution in [3.63, 3.8) is 0 Å². The number of aromatic carboxylic acids is 1. The Morgan fingerprint density at radius 3 is 2.56 bits per heavy atom. The van der Waals surface area contributed by atoms with Crippen LogP contribution >= 0.6 is 23.2 Å². The summed E-state index contributed by atoms with van der Waals surface area (Å²) >= 11 is 10.9. The molecule has 1 aromatic heterocycles. The van der Waals surface area contributed by atoms with E-state index in [0.717, 1.165) is 0 Å². The number of hydrogen-bond donors (Lipinski definition) is 4. The fourth-order valence-electron chi connectivity index (χ4n) is 7.70. The molecule has 6 rings (SSSR count). The van der Waals surface area contributed by atoms with Crippen molar-refractivity contribution in [1.82, 2.24) is 4.98 Å². The zero-order valence-electron chi connectivity index (χ0n) is 19.3. The summed E-state index contributed by atoms with van der Waals surface area (Å²) in [5.74, 6) is -4.36. The highest BCUT2D eigenvalue weighted by molar-refractivity contribution is 6.34. The Kier molecular flexibility index (Phi) is 5.44. The van der Waals surface area contributed by atoms with E-state index in [0.29, 0.717) is 31.3 Å². The first-order chi connectivity index (χ1) is 16.7. The molecule has 0 unspecified atom stereocenters. The topological polar surface area (TPSA) is 154 Å². The van der Waals surface area contributed by atoms with Gasteiger partial charge in [-0.1, -0.05) is 35.9 Å². The van der Waals surface area contributed by atoms with E-state index in [-0.39, 0.29) is 21.8 Å². The van der Waals surface area contributed by atoms with Crippen LogP contribution in [-0.2, 0) is 14.3 Å². The zero-order valence-corrected chi connectivity index (χ0v) is 20.8. The Morgan fingerprint density at radius 1 is 1.25 bits per heavy atom. The van der Waals surface area contributed by atoms with Crippen LogP contribution in [0.5, 0.6) is 0 Å². The Labute approximate surface area is 216 Å². The summed E-state index contributed by atoms with van der Waals surface area (Å²) in [5, 5.41) is 40.3. The van der Waals surface area contributed by atoms with Crippen LogP contribution in [0.2, 0.25) is 10.2 Å². The zero-order chi connectivity index (χ0) is 26.4. The number of carbonyl (C=O) groups is 3. The molecule has 1 aromatic rings. The van der Waals surface area contributed by atoms with E-state index in [1.54, 1.807) is 19.1 Å². The first-order valence-corrected chi connectivity index (χ1v) is 12.3. The second kappa shape index (κ2) is 7.77. The molecule has 192 valence electrons. The van der Waals surface area contributed by atoms with Crippen LogP contribution in [-0.4, -0.2) is 60.6 Å². The summed E-state index contributed by atoms with van der Waals surface area (Å²) in [5.41, 5.74) is -3.52. The van der Waals surface area contributed by atoms with Crippen LogP contribution in [0, 0.1) is 28.6 Å². The Balaban J connectivity index is 0.000000205. The summed E-state index contributed by atoms with van der Waals surface area (Å²) in [6, 6.07) is 2.82. The van der Waals surface area contributed by atoms with Gasteiger partial charge in [0.1, 0.15) is 16.2 Å². The van der Waals surface area contributed by atoms with E-state index in [4.69, 9.17) is 33.0 Å². The van der Waals surface area contributed by atoms with E-state index in [1.165, 1.54) is 12.1 Å². The predicted molar refractivity (Wildman–Crippen MR) is 126 cm³/mol. The number of pyridine rings is 1. The van der Waals surface area contributed by atoms with Gasteiger partial charge in [-0.2, -0.15) is 0 Å². The average molecular weight is 538 g/mol. The van der Waals surface area contributed by atoms with Gasteiger partial charge in [0.15, 0.2) is 5.69 Å². The maximum atomic E-state index is 12.7. The van der Waals surface area contributed by atoms with Crippen LogP contribution < -0.4 is 0 Å². The number of carboxylic acids is 2. The smallest absolute Gasteiger partial charge is 0.356 e. The molecule has 8 atom stereocenters. The van der Waals surface area contributed by atoms with Crippen molar-refractivity contribution in [3.8, 4) is 0 Å². The van der Waals surface area contributed by atoms with E-state index in [2.05, 4.69) is 11.6 Å². The van der Waals surface area contributed by atoms with Crippen LogP contribution in [0.25, 0.3) is 0 Å². The maximum absolute atomic E-state index is 12.7. The number of esters is 1. The highest BCUT2D eigenvalue weighted by atomic mass is 35.5. The fourth-order valence-corrected chi connectivity index (χ4v) is 8.03. The van der Waals surface area contributed by atoms with Crippen molar-refractivity contribution in [1.29, 1.82) is 0 Å². The number of ether oxygens (including phenoxy) is 1. The van der Waals surface area contributed by atoms with Gasteiger partial charge in [-0.15, -0.1) is 0 Å².